The Morgan fingerprint density at radius 1 is 1.06 bits per heavy atom. The van der Waals surface area contributed by atoms with E-state index < -0.39 is 10.0 Å². The molecule has 0 radical (unpaired) electrons. The molecule has 2 heterocycles. The quantitative estimate of drug-likeness (QED) is 0.521. The van der Waals surface area contributed by atoms with Gasteiger partial charge in [-0.15, -0.1) is 5.10 Å². The van der Waals surface area contributed by atoms with Crippen molar-refractivity contribution in [3.8, 4) is 0 Å². The molecule has 1 aliphatic heterocycles. The summed E-state index contributed by atoms with van der Waals surface area (Å²) in [5, 5.41) is 8.34. The zero-order valence-corrected chi connectivity index (χ0v) is 19.2. The lowest BCUT2D eigenvalue weighted by atomic mass is 10.2. The second kappa shape index (κ2) is 9.79. The summed E-state index contributed by atoms with van der Waals surface area (Å²) in [7, 11) is -1.69. The fourth-order valence-corrected chi connectivity index (χ4v) is 5.59. The summed E-state index contributed by atoms with van der Waals surface area (Å²) in [6.07, 6.45) is 3.91. The molecular weight excluding hydrogens is 426 g/mol. The van der Waals surface area contributed by atoms with Crippen molar-refractivity contribution < 1.29 is 13.2 Å². The predicted octanol–water partition coefficient (Wildman–Crippen LogP) is 3.04. The Balaban J connectivity index is 1.36. The highest BCUT2D eigenvalue weighted by Gasteiger charge is 2.26. The van der Waals surface area contributed by atoms with E-state index in [1.54, 1.807) is 32.1 Å². The molecule has 9 heteroatoms. The van der Waals surface area contributed by atoms with Crippen molar-refractivity contribution in [3.63, 3.8) is 0 Å². The van der Waals surface area contributed by atoms with E-state index in [1.807, 2.05) is 37.4 Å². The molecule has 0 saturated carbocycles. The minimum atomic E-state index is -3.50. The summed E-state index contributed by atoms with van der Waals surface area (Å²) in [6.45, 7) is 2.26. The maximum absolute atomic E-state index is 12.9. The van der Waals surface area contributed by atoms with Gasteiger partial charge >= 0.3 is 0 Å². The van der Waals surface area contributed by atoms with Crippen LogP contribution in [0.25, 0.3) is 11.0 Å². The number of hydrogen-bond donors (Lipinski definition) is 0. The molecule has 1 aliphatic rings. The van der Waals surface area contributed by atoms with E-state index in [9.17, 15) is 13.2 Å². The molecular formula is C23H29N5O3S. The van der Waals surface area contributed by atoms with E-state index in [2.05, 4.69) is 10.3 Å². The highest BCUT2D eigenvalue weighted by atomic mass is 32.2. The lowest BCUT2D eigenvalue weighted by molar-refractivity contribution is -0.130. The minimum Gasteiger partial charge on any atom is -0.341 e. The van der Waals surface area contributed by atoms with Gasteiger partial charge in [-0.25, -0.2) is 13.1 Å². The van der Waals surface area contributed by atoms with Gasteiger partial charge in [0.25, 0.3) is 0 Å². The van der Waals surface area contributed by atoms with Crippen molar-refractivity contribution in [2.75, 3.05) is 20.1 Å². The molecule has 0 spiro atoms. The first kappa shape index (κ1) is 22.4. The third kappa shape index (κ3) is 4.99. The topological polar surface area (TPSA) is 88.4 Å². The number of piperidine rings is 1. The highest BCUT2D eigenvalue weighted by Crippen LogP contribution is 2.23. The second-order valence-electron chi connectivity index (χ2n) is 8.27. The fraction of sp³-hybridized carbons (Fsp3) is 0.435. The number of aryl methyl sites for hydroxylation is 1. The van der Waals surface area contributed by atoms with Gasteiger partial charge in [0.2, 0.25) is 15.9 Å². The van der Waals surface area contributed by atoms with Crippen molar-refractivity contribution in [3.05, 3.63) is 54.1 Å². The van der Waals surface area contributed by atoms with Crippen LogP contribution in [0.15, 0.2) is 53.4 Å². The molecule has 1 amide bonds. The second-order valence-corrected chi connectivity index (χ2v) is 10.2. The summed E-state index contributed by atoms with van der Waals surface area (Å²) in [5.74, 6) is 0.0770. The number of fused-ring (bicyclic) bond motifs is 1. The largest absolute Gasteiger partial charge is 0.341 e. The minimum absolute atomic E-state index is 0.0770. The van der Waals surface area contributed by atoms with Crippen LogP contribution in [0.1, 0.15) is 37.7 Å². The molecule has 8 nitrogen and oxygen atoms in total. The number of nitrogens with zero attached hydrogens (tertiary/aromatic N) is 5. The number of amides is 1. The molecule has 32 heavy (non-hydrogen) atoms. The molecule has 0 aliphatic carbocycles. The zero-order valence-electron chi connectivity index (χ0n) is 18.4. The molecule has 1 saturated heterocycles. The van der Waals surface area contributed by atoms with Crippen LogP contribution in [0.4, 0.5) is 0 Å². The van der Waals surface area contributed by atoms with Gasteiger partial charge in [-0.3, -0.25) is 4.79 Å². The molecule has 1 fully saturated rings. The Morgan fingerprint density at radius 2 is 1.81 bits per heavy atom. The van der Waals surface area contributed by atoms with Gasteiger partial charge in [0.1, 0.15) is 5.52 Å². The smallest absolute Gasteiger partial charge is 0.243 e. The lowest BCUT2D eigenvalue weighted by Crippen LogP contribution is -2.35. The van der Waals surface area contributed by atoms with Crippen LogP contribution < -0.4 is 0 Å². The van der Waals surface area contributed by atoms with Crippen LogP contribution in [0.5, 0.6) is 0 Å². The summed E-state index contributed by atoms with van der Waals surface area (Å²) >= 11 is 0. The summed E-state index contributed by atoms with van der Waals surface area (Å²) in [5.41, 5.74) is 2.42. The first-order chi connectivity index (χ1) is 15.4. The standard InChI is InChI=1S/C23H29N5O3S/c1-26(18-19-9-4-2-5-10-19)23(29)11-8-16-28-22-13-12-20(17-21(22)24-25-28)32(30,31)27-14-6-3-7-15-27/h2,4-5,9-10,12-13,17H,3,6-8,11,14-16,18H2,1H3. The normalized spacial score (nSPS) is 15.2. The first-order valence-corrected chi connectivity index (χ1v) is 12.5. The molecule has 1 aromatic heterocycles. The average molecular weight is 456 g/mol. The number of sulfonamides is 1. The van der Waals surface area contributed by atoms with Gasteiger partial charge < -0.3 is 4.90 Å². The number of carbonyl (C=O) groups is 1. The van der Waals surface area contributed by atoms with E-state index in [0.717, 1.165) is 30.3 Å². The van der Waals surface area contributed by atoms with Crippen LogP contribution in [-0.2, 0) is 27.9 Å². The Labute approximate surface area is 188 Å². The highest BCUT2D eigenvalue weighted by molar-refractivity contribution is 7.89. The van der Waals surface area contributed by atoms with Crippen molar-refractivity contribution in [2.24, 2.45) is 0 Å². The molecule has 2 aromatic carbocycles. The van der Waals surface area contributed by atoms with E-state index in [-0.39, 0.29) is 10.8 Å². The van der Waals surface area contributed by atoms with Gasteiger partial charge in [0.15, 0.2) is 0 Å². The molecule has 3 aromatic rings. The van der Waals surface area contributed by atoms with Gasteiger partial charge in [0.05, 0.1) is 10.4 Å². The Hall–Kier alpha value is -2.78. The zero-order chi connectivity index (χ0) is 22.6. The summed E-state index contributed by atoms with van der Waals surface area (Å²) < 4.78 is 29.1. The maximum Gasteiger partial charge on any atom is 0.243 e. The molecule has 170 valence electrons. The number of aromatic nitrogens is 3. The van der Waals surface area contributed by atoms with Gasteiger partial charge in [-0.05, 0) is 43.0 Å². The molecule has 0 bridgehead atoms. The average Bonchev–Trinajstić information content (AvgIpc) is 3.22. The maximum atomic E-state index is 12.9. The van der Waals surface area contributed by atoms with Crippen molar-refractivity contribution in [2.45, 2.75) is 50.1 Å². The monoisotopic (exact) mass is 455 g/mol. The van der Waals surface area contributed by atoms with Crippen LogP contribution in [0, 0.1) is 0 Å². The Bertz CT molecular complexity index is 1170. The van der Waals surface area contributed by atoms with E-state index >= 15 is 0 Å². The number of carbonyl (C=O) groups excluding carboxylic acids is 1. The van der Waals surface area contributed by atoms with Gasteiger partial charge in [-0.1, -0.05) is 42.0 Å². The summed E-state index contributed by atoms with van der Waals surface area (Å²) in [4.78, 5) is 14.4. The van der Waals surface area contributed by atoms with Crippen LogP contribution >= 0.6 is 0 Å². The molecule has 0 atom stereocenters. The Kier molecular flexibility index (Phi) is 6.86. The van der Waals surface area contributed by atoms with Crippen LogP contribution in [-0.4, -0.2) is 58.7 Å². The van der Waals surface area contributed by atoms with Crippen LogP contribution in [0.2, 0.25) is 0 Å². The molecule has 0 unspecified atom stereocenters. The molecule has 4 rings (SSSR count). The predicted molar refractivity (Wildman–Crippen MR) is 122 cm³/mol. The Morgan fingerprint density at radius 3 is 2.56 bits per heavy atom. The van der Waals surface area contributed by atoms with Gasteiger partial charge in [-0.2, -0.15) is 4.31 Å². The number of hydrogen-bond acceptors (Lipinski definition) is 5. The van der Waals surface area contributed by atoms with E-state index in [0.29, 0.717) is 44.5 Å². The first-order valence-electron chi connectivity index (χ1n) is 11.1. The van der Waals surface area contributed by atoms with E-state index in [4.69, 9.17) is 0 Å². The number of rotatable bonds is 8. The van der Waals surface area contributed by atoms with Crippen molar-refractivity contribution in [1.82, 2.24) is 24.2 Å². The summed E-state index contributed by atoms with van der Waals surface area (Å²) in [6, 6.07) is 14.9. The van der Waals surface area contributed by atoms with Crippen molar-refractivity contribution in [1.29, 1.82) is 0 Å². The van der Waals surface area contributed by atoms with Crippen LogP contribution in [0.3, 0.4) is 0 Å². The van der Waals surface area contributed by atoms with E-state index in [1.165, 1.54) is 0 Å². The lowest BCUT2D eigenvalue weighted by Gasteiger charge is -2.25. The third-order valence-electron chi connectivity index (χ3n) is 5.89. The van der Waals surface area contributed by atoms with Crippen molar-refractivity contribution >= 4 is 27.0 Å². The molecule has 0 N–H and O–H groups in total. The van der Waals surface area contributed by atoms with Gasteiger partial charge in [0, 0.05) is 39.6 Å². The number of benzene rings is 2. The fourth-order valence-electron chi connectivity index (χ4n) is 4.05. The third-order valence-corrected chi connectivity index (χ3v) is 7.78. The SMILES string of the molecule is CN(Cc1ccccc1)C(=O)CCCn1nnc2cc(S(=O)(=O)N3CCCCC3)ccc21.